The molecule has 0 saturated heterocycles. The fraction of sp³-hybridized carbons (Fsp3) is 0.440. The van der Waals surface area contributed by atoms with Crippen LogP contribution in [-0.4, -0.2) is 50.5 Å². The lowest BCUT2D eigenvalue weighted by atomic mass is 10.1. The Bertz CT molecular complexity index is 1140. The molecule has 0 aliphatic rings. The van der Waals surface area contributed by atoms with Gasteiger partial charge < -0.3 is 10.2 Å². The Hall–Kier alpha value is -2.29. The number of carbonyl (C=O) groups excluding carboxylic acids is 2. The lowest BCUT2D eigenvalue weighted by Gasteiger charge is -2.33. The first-order valence-electron chi connectivity index (χ1n) is 11.4. The topological polar surface area (TPSA) is 86.8 Å². The maximum Gasteiger partial charge on any atom is 0.244 e. The Balaban J connectivity index is 2.43. The van der Waals surface area contributed by atoms with Crippen molar-refractivity contribution < 1.29 is 18.0 Å². The molecule has 1 atom stereocenters. The highest BCUT2D eigenvalue weighted by atomic mass is 35.5. The molecule has 0 fully saturated rings. The Labute approximate surface area is 218 Å². The summed E-state index contributed by atoms with van der Waals surface area (Å²) in [5, 5.41) is 3.58. The highest BCUT2D eigenvalue weighted by Gasteiger charge is 2.31. The Kier molecular flexibility index (Phi) is 10.4. The predicted octanol–water partition coefficient (Wildman–Crippen LogP) is 4.65. The van der Waals surface area contributed by atoms with Crippen LogP contribution in [0.25, 0.3) is 0 Å². The monoisotopic (exact) mass is 541 g/mol. The lowest BCUT2D eigenvalue weighted by Crippen LogP contribution is -2.52. The number of aryl methyl sites for hydroxylation is 1. The van der Waals surface area contributed by atoms with Crippen molar-refractivity contribution in [2.75, 3.05) is 23.7 Å². The minimum Gasteiger partial charge on any atom is -0.354 e. The third-order valence-corrected chi connectivity index (χ3v) is 7.29. The number of halogens is 2. The maximum atomic E-state index is 13.6. The molecule has 0 radical (unpaired) electrons. The van der Waals surface area contributed by atoms with Gasteiger partial charge in [-0.25, -0.2) is 8.42 Å². The number of amides is 2. The summed E-state index contributed by atoms with van der Waals surface area (Å²) in [5.41, 5.74) is 2.00. The molecule has 2 amide bonds. The van der Waals surface area contributed by atoms with E-state index in [2.05, 4.69) is 5.32 Å². The van der Waals surface area contributed by atoms with E-state index in [9.17, 15) is 18.0 Å². The van der Waals surface area contributed by atoms with E-state index in [-0.39, 0.29) is 18.4 Å². The zero-order valence-electron chi connectivity index (χ0n) is 20.7. The largest absolute Gasteiger partial charge is 0.354 e. The molecule has 7 nitrogen and oxygen atoms in total. The first-order chi connectivity index (χ1) is 16.3. The summed E-state index contributed by atoms with van der Waals surface area (Å²) in [6.45, 7) is 7.73. The third-order valence-electron chi connectivity index (χ3n) is 5.41. The molecule has 0 heterocycles. The van der Waals surface area contributed by atoms with Crippen LogP contribution in [0.4, 0.5) is 5.69 Å². The summed E-state index contributed by atoms with van der Waals surface area (Å²) in [6.07, 6.45) is 1.40. The second-order valence-corrected chi connectivity index (χ2v) is 11.7. The molecule has 0 aromatic heterocycles. The van der Waals surface area contributed by atoms with Crippen molar-refractivity contribution in [3.05, 3.63) is 63.6 Å². The van der Waals surface area contributed by atoms with E-state index in [1.54, 1.807) is 42.5 Å². The number of benzene rings is 2. The molecule has 192 valence electrons. The van der Waals surface area contributed by atoms with E-state index in [4.69, 9.17) is 23.2 Å². The van der Waals surface area contributed by atoms with Crippen LogP contribution >= 0.6 is 23.2 Å². The average molecular weight is 543 g/mol. The smallest absolute Gasteiger partial charge is 0.244 e. The summed E-state index contributed by atoms with van der Waals surface area (Å²) in [5.74, 6) is -0.567. The second kappa shape index (κ2) is 12.6. The highest BCUT2D eigenvalue weighted by molar-refractivity contribution is 7.92. The minimum absolute atomic E-state index is 0.0643. The molecule has 0 spiro atoms. The molecule has 2 rings (SSSR count). The summed E-state index contributed by atoms with van der Waals surface area (Å²) < 4.78 is 26.3. The fourth-order valence-corrected chi connectivity index (χ4v) is 4.67. The number of nitrogens with one attached hydrogen (secondary N) is 1. The Morgan fingerprint density at radius 1 is 1.03 bits per heavy atom. The summed E-state index contributed by atoms with van der Waals surface area (Å²) in [6, 6.07) is 11.0. The van der Waals surface area contributed by atoms with Crippen LogP contribution in [0, 0.1) is 12.8 Å². The van der Waals surface area contributed by atoms with Gasteiger partial charge in [-0.3, -0.25) is 13.9 Å². The first-order valence-corrected chi connectivity index (χ1v) is 14.0. The minimum atomic E-state index is -3.77. The molecule has 1 N–H and O–H groups in total. The van der Waals surface area contributed by atoms with Crippen molar-refractivity contribution in [2.45, 2.75) is 46.7 Å². The van der Waals surface area contributed by atoms with Crippen molar-refractivity contribution in [3.8, 4) is 0 Å². The Morgan fingerprint density at radius 2 is 1.66 bits per heavy atom. The third kappa shape index (κ3) is 8.40. The quantitative estimate of drug-likeness (QED) is 0.448. The summed E-state index contributed by atoms with van der Waals surface area (Å²) in [4.78, 5) is 28.1. The number of anilines is 1. The number of hydrogen-bond donors (Lipinski definition) is 1. The van der Waals surface area contributed by atoms with Crippen LogP contribution in [0.3, 0.4) is 0 Å². The van der Waals surface area contributed by atoms with Crippen LogP contribution in [0.2, 0.25) is 10.0 Å². The van der Waals surface area contributed by atoms with Gasteiger partial charge in [0.2, 0.25) is 21.8 Å². The molecular formula is C25H33Cl2N3O4S. The molecule has 2 aromatic rings. The van der Waals surface area contributed by atoms with Gasteiger partial charge in [0.05, 0.1) is 22.0 Å². The van der Waals surface area contributed by atoms with Crippen molar-refractivity contribution in [3.63, 3.8) is 0 Å². The van der Waals surface area contributed by atoms with E-state index in [0.29, 0.717) is 34.3 Å². The van der Waals surface area contributed by atoms with Crippen molar-refractivity contribution in [2.24, 2.45) is 5.92 Å². The zero-order chi connectivity index (χ0) is 26.3. The van der Waals surface area contributed by atoms with Crippen LogP contribution in [0.5, 0.6) is 0 Å². The number of nitrogens with zero attached hydrogens (tertiary/aromatic N) is 2. The van der Waals surface area contributed by atoms with Crippen molar-refractivity contribution in [1.82, 2.24) is 10.2 Å². The highest BCUT2D eigenvalue weighted by Crippen LogP contribution is 2.25. The molecule has 0 aliphatic carbocycles. The summed E-state index contributed by atoms with van der Waals surface area (Å²) >= 11 is 12.2. The molecule has 2 aromatic carbocycles. The van der Waals surface area contributed by atoms with Crippen molar-refractivity contribution in [1.29, 1.82) is 0 Å². The van der Waals surface area contributed by atoms with E-state index in [1.807, 2.05) is 27.7 Å². The SMILES string of the molecule is CC[C@@H](C(=O)NCC(C)C)N(Cc1ccc(Cl)c(Cl)c1)C(=O)CN(c1ccc(C)cc1)S(C)(=O)=O. The van der Waals surface area contributed by atoms with Gasteiger partial charge in [-0.15, -0.1) is 0 Å². The van der Waals surface area contributed by atoms with Gasteiger partial charge >= 0.3 is 0 Å². The average Bonchev–Trinajstić information content (AvgIpc) is 2.78. The van der Waals surface area contributed by atoms with Crippen LogP contribution in [0.15, 0.2) is 42.5 Å². The number of carbonyl (C=O) groups is 2. The lowest BCUT2D eigenvalue weighted by molar-refractivity contribution is -0.140. The number of sulfonamides is 1. The zero-order valence-corrected chi connectivity index (χ0v) is 23.0. The van der Waals surface area contributed by atoms with Crippen molar-refractivity contribution >= 4 is 50.7 Å². The van der Waals surface area contributed by atoms with E-state index >= 15 is 0 Å². The molecule has 10 heteroatoms. The molecule has 0 unspecified atom stereocenters. The van der Waals surface area contributed by atoms with Crippen LogP contribution < -0.4 is 9.62 Å². The van der Waals surface area contributed by atoms with Gasteiger partial charge in [0.15, 0.2) is 0 Å². The predicted molar refractivity (Wildman–Crippen MR) is 142 cm³/mol. The fourth-order valence-electron chi connectivity index (χ4n) is 3.50. The first kappa shape index (κ1) is 28.9. The Morgan fingerprint density at radius 3 is 2.17 bits per heavy atom. The molecule has 0 aliphatic heterocycles. The van der Waals surface area contributed by atoms with Gasteiger partial charge in [-0.1, -0.05) is 67.7 Å². The van der Waals surface area contributed by atoms with Gasteiger partial charge in [0.25, 0.3) is 0 Å². The van der Waals surface area contributed by atoms with Gasteiger partial charge in [-0.2, -0.15) is 0 Å². The number of hydrogen-bond acceptors (Lipinski definition) is 4. The van der Waals surface area contributed by atoms with E-state index < -0.39 is 28.5 Å². The summed E-state index contributed by atoms with van der Waals surface area (Å²) in [7, 11) is -3.77. The van der Waals surface area contributed by atoms with Crippen LogP contribution in [-0.2, 0) is 26.2 Å². The number of rotatable bonds is 11. The molecule has 0 saturated carbocycles. The molecular weight excluding hydrogens is 509 g/mol. The van der Waals surface area contributed by atoms with Crippen LogP contribution in [0.1, 0.15) is 38.3 Å². The molecule has 0 bridgehead atoms. The van der Waals surface area contributed by atoms with E-state index in [1.165, 1.54) is 4.90 Å². The van der Waals surface area contributed by atoms with E-state index in [0.717, 1.165) is 16.1 Å². The maximum absolute atomic E-state index is 13.6. The van der Waals surface area contributed by atoms with Gasteiger partial charge in [0.1, 0.15) is 12.6 Å². The van der Waals surface area contributed by atoms with Gasteiger partial charge in [0, 0.05) is 13.1 Å². The van der Waals surface area contributed by atoms with Gasteiger partial charge in [-0.05, 0) is 49.1 Å². The normalized spacial score (nSPS) is 12.3. The molecule has 35 heavy (non-hydrogen) atoms. The standard InChI is InChI=1S/C25H33Cl2N3O4S/c1-6-23(25(32)28-14-17(2)3)29(15-19-9-12-21(26)22(27)13-19)24(31)16-30(35(5,33)34)20-10-7-18(4)8-11-20/h7-13,17,23H,6,14-16H2,1-5H3,(H,28,32)/t23-/m0/s1. The second-order valence-electron chi connectivity index (χ2n) is 8.94.